The van der Waals surface area contributed by atoms with Crippen LogP contribution in [0.3, 0.4) is 0 Å². The lowest BCUT2D eigenvalue weighted by Crippen LogP contribution is -2.19. The van der Waals surface area contributed by atoms with Crippen LogP contribution in [0.25, 0.3) is 0 Å². The van der Waals surface area contributed by atoms with Crippen LogP contribution in [-0.2, 0) is 0 Å². The molecule has 0 aliphatic heterocycles. The summed E-state index contributed by atoms with van der Waals surface area (Å²) in [5.74, 6) is 2.16. The van der Waals surface area contributed by atoms with E-state index in [-0.39, 0.29) is 0 Å². The Kier molecular flexibility index (Phi) is 6.24. The number of halogens is 1. The first-order chi connectivity index (χ1) is 13.6. The van der Waals surface area contributed by atoms with Gasteiger partial charge in [-0.1, -0.05) is 29.8 Å². The molecule has 144 valence electrons. The average molecular weight is 399 g/mol. The van der Waals surface area contributed by atoms with Crippen molar-refractivity contribution in [1.82, 2.24) is 0 Å². The number of methoxy groups -OCH3 is 2. The van der Waals surface area contributed by atoms with Crippen molar-refractivity contribution >= 4 is 29.0 Å². The summed E-state index contributed by atoms with van der Waals surface area (Å²) >= 11 is 6.09. The number of para-hydroxylation sites is 2. The highest BCUT2D eigenvalue weighted by molar-refractivity contribution is 6.31. The Morgan fingerprint density at radius 2 is 1.61 bits per heavy atom. The van der Waals surface area contributed by atoms with Crippen molar-refractivity contribution in [3.63, 3.8) is 0 Å². The van der Waals surface area contributed by atoms with Crippen LogP contribution in [0.2, 0.25) is 5.02 Å². The highest BCUT2D eigenvalue weighted by Gasteiger charge is 2.12. The van der Waals surface area contributed by atoms with Crippen molar-refractivity contribution in [2.45, 2.75) is 0 Å². The Morgan fingerprint density at radius 3 is 2.36 bits per heavy atom. The second-order valence-corrected chi connectivity index (χ2v) is 6.14. The summed E-state index contributed by atoms with van der Waals surface area (Å²) in [6.07, 6.45) is 0. The molecule has 0 radical (unpaired) electrons. The van der Waals surface area contributed by atoms with Gasteiger partial charge in [0.2, 0.25) is 0 Å². The second kappa shape index (κ2) is 9.01. The summed E-state index contributed by atoms with van der Waals surface area (Å²) in [6, 6.07) is 18.8. The molecule has 3 rings (SSSR count). The van der Waals surface area contributed by atoms with E-state index >= 15 is 0 Å². The predicted octanol–water partition coefficient (Wildman–Crippen LogP) is 5.79. The predicted molar refractivity (Wildman–Crippen MR) is 110 cm³/mol. The van der Waals surface area contributed by atoms with Crippen molar-refractivity contribution in [1.29, 1.82) is 0 Å². The van der Waals surface area contributed by atoms with Crippen LogP contribution in [-0.4, -0.2) is 20.3 Å². The number of anilines is 2. The normalized spacial score (nSPS) is 10.1. The van der Waals surface area contributed by atoms with Gasteiger partial charge in [0.25, 0.3) is 0 Å². The standard InChI is InChI=1S/C21H19ClN2O4/c1-26-16-7-5-6-15(13-16)23-21(25)24-17-12-14(22)10-11-18(17)28-20-9-4-3-8-19(20)27-2/h3-13H,1-2H3,(H2,23,24,25). The number of ether oxygens (including phenoxy) is 3. The highest BCUT2D eigenvalue weighted by atomic mass is 35.5. The van der Waals surface area contributed by atoms with Gasteiger partial charge in [0.05, 0.1) is 19.9 Å². The van der Waals surface area contributed by atoms with Crippen LogP contribution in [0.15, 0.2) is 66.7 Å². The summed E-state index contributed by atoms with van der Waals surface area (Å²) in [5, 5.41) is 5.96. The Labute approximate surface area is 168 Å². The molecule has 2 N–H and O–H groups in total. The zero-order valence-electron chi connectivity index (χ0n) is 15.4. The number of nitrogens with one attached hydrogen (secondary N) is 2. The quantitative estimate of drug-likeness (QED) is 0.551. The van der Waals surface area contributed by atoms with Crippen molar-refractivity contribution in [2.75, 3.05) is 24.9 Å². The van der Waals surface area contributed by atoms with E-state index in [4.69, 9.17) is 25.8 Å². The number of hydrogen-bond acceptors (Lipinski definition) is 4. The number of urea groups is 1. The smallest absolute Gasteiger partial charge is 0.323 e. The molecule has 7 heteroatoms. The molecule has 0 unspecified atom stereocenters. The van der Waals surface area contributed by atoms with Crippen LogP contribution >= 0.6 is 11.6 Å². The van der Waals surface area contributed by atoms with Gasteiger partial charge in [-0.15, -0.1) is 0 Å². The lowest BCUT2D eigenvalue weighted by atomic mass is 10.2. The maximum absolute atomic E-state index is 12.4. The van der Waals surface area contributed by atoms with Gasteiger partial charge in [0, 0.05) is 16.8 Å². The van der Waals surface area contributed by atoms with Gasteiger partial charge in [-0.05, 0) is 42.5 Å². The lowest BCUT2D eigenvalue weighted by molar-refractivity contribution is 0.262. The van der Waals surface area contributed by atoms with E-state index in [0.717, 1.165) is 0 Å². The van der Waals surface area contributed by atoms with E-state index in [2.05, 4.69) is 10.6 Å². The topological polar surface area (TPSA) is 68.8 Å². The Morgan fingerprint density at radius 1 is 0.821 bits per heavy atom. The minimum atomic E-state index is -0.444. The largest absolute Gasteiger partial charge is 0.497 e. The van der Waals surface area contributed by atoms with Gasteiger partial charge in [0.15, 0.2) is 17.2 Å². The van der Waals surface area contributed by atoms with E-state index < -0.39 is 6.03 Å². The molecule has 28 heavy (non-hydrogen) atoms. The van der Waals surface area contributed by atoms with Crippen LogP contribution in [0.4, 0.5) is 16.2 Å². The van der Waals surface area contributed by atoms with Gasteiger partial charge >= 0.3 is 6.03 Å². The van der Waals surface area contributed by atoms with Crippen molar-refractivity contribution in [2.24, 2.45) is 0 Å². The van der Waals surface area contributed by atoms with E-state index in [1.165, 1.54) is 0 Å². The molecular formula is C21H19ClN2O4. The fraction of sp³-hybridized carbons (Fsp3) is 0.0952. The molecule has 3 aromatic carbocycles. The van der Waals surface area contributed by atoms with Crippen LogP contribution in [0.1, 0.15) is 0 Å². The number of carbonyl (C=O) groups excluding carboxylic acids is 1. The molecule has 0 bridgehead atoms. The van der Waals surface area contributed by atoms with Gasteiger partial charge in [-0.3, -0.25) is 0 Å². The highest BCUT2D eigenvalue weighted by Crippen LogP contribution is 2.36. The SMILES string of the molecule is COc1cccc(NC(=O)Nc2cc(Cl)ccc2Oc2ccccc2OC)c1. The Balaban J connectivity index is 1.79. The summed E-state index contributed by atoms with van der Waals surface area (Å²) in [7, 11) is 3.12. The second-order valence-electron chi connectivity index (χ2n) is 5.70. The molecule has 0 atom stereocenters. The maximum atomic E-state index is 12.4. The molecule has 3 aromatic rings. The molecule has 0 spiro atoms. The summed E-state index contributed by atoms with van der Waals surface area (Å²) in [6.45, 7) is 0. The van der Waals surface area contributed by atoms with Gasteiger partial charge in [-0.25, -0.2) is 4.79 Å². The molecule has 0 heterocycles. The van der Waals surface area contributed by atoms with Gasteiger partial charge in [-0.2, -0.15) is 0 Å². The van der Waals surface area contributed by atoms with Gasteiger partial charge < -0.3 is 24.8 Å². The first-order valence-electron chi connectivity index (χ1n) is 8.41. The molecule has 0 aliphatic rings. The molecule has 0 saturated heterocycles. The summed E-state index contributed by atoms with van der Waals surface area (Å²) < 4.78 is 16.4. The number of hydrogen-bond donors (Lipinski definition) is 2. The first-order valence-corrected chi connectivity index (χ1v) is 8.79. The Hall–Kier alpha value is -3.38. The van der Waals surface area contributed by atoms with Crippen LogP contribution < -0.4 is 24.8 Å². The summed E-state index contributed by atoms with van der Waals surface area (Å²) in [5.41, 5.74) is 1.00. The minimum absolute atomic E-state index is 0.416. The van der Waals surface area contributed by atoms with E-state index in [1.807, 2.05) is 12.1 Å². The monoisotopic (exact) mass is 398 g/mol. The summed E-state index contributed by atoms with van der Waals surface area (Å²) in [4.78, 5) is 12.4. The zero-order chi connectivity index (χ0) is 19.9. The van der Waals surface area contributed by atoms with Crippen molar-refractivity contribution < 1.29 is 19.0 Å². The molecule has 0 aromatic heterocycles. The van der Waals surface area contributed by atoms with E-state index in [0.29, 0.717) is 39.4 Å². The average Bonchev–Trinajstić information content (AvgIpc) is 2.70. The third-order valence-electron chi connectivity index (χ3n) is 3.81. The fourth-order valence-corrected chi connectivity index (χ4v) is 2.67. The lowest BCUT2D eigenvalue weighted by Gasteiger charge is -2.15. The fourth-order valence-electron chi connectivity index (χ4n) is 2.50. The first kappa shape index (κ1) is 19.4. The number of benzene rings is 3. The molecular weight excluding hydrogens is 380 g/mol. The molecule has 0 saturated carbocycles. The maximum Gasteiger partial charge on any atom is 0.323 e. The van der Waals surface area contributed by atoms with Crippen LogP contribution in [0.5, 0.6) is 23.0 Å². The van der Waals surface area contributed by atoms with E-state index in [1.54, 1.807) is 68.8 Å². The number of rotatable bonds is 6. The number of amides is 2. The third-order valence-corrected chi connectivity index (χ3v) is 4.04. The molecule has 0 aliphatic carbocycles. The zero-order valence-corrected chi connectivity index (χ0v) is 16.1. The van der Waals surface area contributed by atoms with Crippen LogP contribution in [0, 0.1) is 0 Å². The number of carbonyl (C=O) groups is 1. The minimum Gasteiger partial charge on any atom is -0.497 e. The molecule has 2 amide bonds. The van der Waals surface area contributed by atoms with Gasteiger partial charge in [0.1, 0.15) is 5.75 Å². The Bertz CT molecular complexity index is 978. The van der Waals surface area contributed by atoms with Crippen molar-refractivity contribution in [3.8, 4) is 23.0 Å². The molecule has 0 fully saturated rings. The third kappa shape index (κ3) is 4.86. The van der Waals surface area contributed by atoms with Crippen molar-refractivity contribution in [3.05, 3.63) is 71.8 Å². The molecule has 6 nitrogen and oxygen atoms in total. The van der Waals surface area contributed by atoms with E-state index in [9.17, 15) is 4.79 Å².